The van der Waals surface area contributed by atoms with Crippen molar-refractivity contribution in [2.45, 2.75) is 64.5 Å². The Balaban J connectivity index is 2.55. The molecule has 22 heavy (non-hydrogen) atoms. The van der Waals surface area contributed by atoms with Gasteiger partial charge in [0, 0.05) is 0 Å². The first kappa shape index (κ1) is 19.1. The van der Waals surface area contributed by atoms with E-state index < -0.39 is 8.32 Å². The lowest BCUT2D eigenvalue weighted by atomic mass is 10.2. The topological polar surface area (TPSA) is 18.5 Å². The summed E-state index contributed by atoms with van der Waals surface area (Å²) in [5.74, 6) is 0. The van der Waals surface area contributed by atoms with Crippen LogP contribution in [0.4, 0.5) is 0 Å². The molecule has 0 N–H and O–H groups in total. The van der Waals surface area contributed by atoms with Crippen LogP contribution in [-0.4, -0.2) is 21.0 Å². The number of rotatable bonds is 9. The third-order valence-corrected chi connectivity index (χ3v) is 8.91. The average molecular weight is 321 g/mol. The van der Waals surface area contributed by atoms with E-state index in [2.05, 4.69) is 52.6 Å². The number of hydrogen-bond donors (Lipinski definition) is 0. The lowest BCUT2D eigenvalue weighted by Gasteiger charge is -2.39. The highest BCUT2D eigenvalue weighted by Gasteiger charge is 2.39. The van der Waals surface area contributed by atoms with Gasteiger partial charge in [-0.1, -0.05) is 57.2 Å². The van der Waals surface area contributed by atoms with Crippen LogP contribution >= 0.6 is 0 Å². The molecule has 1 atom stereocenters. The lowest BCUT2D eigenvalue weighted by molar-refractivity contribution is 0.0310. The molecule has 0 amide bonds. The zero-order chi connectivity index (χ0) is 16.6. The molecular weight excluding hydrogens is 288 g/mol. The molecule has 1 aromatic carbocycles. The molecule has 0 bridgehead atoms. The fourth-order valence-electron chi connectivity index (χ4n) is 1.96. The van der Waals surface area contributed by atoms with Crippen LogP contribution in [0.3, 0.4) is 0 Å². The predicted octanol–water partition coefficient (Wildman–Crippen LogP) is 5.56. The van der Waals surface area contributed by atoms with Crippen LogP contribution in [0.2, 0.25) is 18.1 Å². The molecule has 124 valence electrons. The van der Waals surface area contributed by atoms with Crippen molar-refractivity contribution in [1.82, 2.24) is 0 Å². The summed E-state index contributed by atoms with van der Waals surface area (Å²) in [6, 6.07) is 10.3. The van der Waals surface area contributed by atoms with E-state index in [9.17, 15) is 0 Å². The van der Waals surface area contributed by atoms with Gasteiger partial charge >= 0.3 is 0 Å². The van der Waals surface area contributed by atoms with Gasteiger partial charge in [0.1, 0.15) is 0 Å². The monoisotopic (exact) mass is 320 g/mol. The van der Waals surface area contributed by atoms with Crippen LogP contribution in [-0.2, 0) is 15.8 Å². The third-order valence-electron chi connectivity index (χ3n) is 4.38. The van der Waals surface area contributed by atoms with E-state index in [0.29, 0.717) is 13.2 Å². The summed E-state index contributed by atoms with van der Waals surface area (Å²) in [7, 11) is -1.76. The van der Waals surface area contributed by atoms with Gasteiger partial charge in [-0.25, -0.2) is 0 Å². The summed E-state index contributed by atoms with van der Waals surface area (Å²) in [5.41, 5.74) is 1.21. The summed E-state index contributed by atoms with van der Waals surface area (Å²) < 4.78 is 12.4. The van der Waals surface area contributed by atoms with E-state index in [0.717, 1.165) is 12.8 Å². The van der Waals surface area contributed by atoms with Crippen LogP contribution in [0.15, 0.2) is 43.0 Å². The minimum Gasteiger partial charge on any atom is -0.412 e. The van der Waals surface area contributed by atoms with E-state index in [1.807, 2.05) is 24.3 Å². The Labute approximate surface area is 137 Å². The normalized spacial score (nSPS) is 13.9. The Morgan fingerprint density at radius 1 is 1.18 bits per heavy atom. The van der Waals surface area contributed by atoms with Crippen molar-refractivity contribution in [3.8, 4) is 0 Å². The highest BCUT2D eigenvalue weighted by molar-refractivity contribution is 6.74. The highest BCUT2D eigenvalue weighted by atomic mass is 28.4. The minimum absolute atomic E-state index is 0.155. The van der Waals surface area contributed by atoms with Crippen molar-refractivity contribution < 1.29 is 9.16 Å². The van der Waals surface area contributed by atoms with Crippen LogP contribution in [0, 0.1) is 0 Å². The van der Waals surface area contributed by atoms with Gasteiger partial charge in [-0.2, -0.15) is 0 Å². The molecule has 0 radical (unpaired) electrons. The zero-order valence-electron chi connectivity index (χ0n) is 14.9. The van der Waals surface area contributed by atoms with Crippen molar-refractivity contribution in [2.75, 3.05) is 6.61 Å². The molecule has 0 aromatic heterocycles. The standard InChI is InChI=1S/C19H32O2Si/c1-7-8-14-18(21-22(5,6)19(2,3)4)16-20-15-17-12-10-9-11-13-17/h7,9-13,18H,1,8,14-16H2,2-6H3. The molecule has 0 heterocycles. The van der Waals surface area contributed by atoms with E-state index in [4.69, 9.17) is 9.16 Å². The van der Waals surface area contributed by atoms with Gasteiger partial charge < -0.3 is 9.16 Å². The quantitative estimate of drug-likeness (QED) is 0.438. The van der Waals surface area contributed by atoms with E-state index in [-0.39, 0.29) is 11.1 Å². The van der Waals surface area contributed by atoms with Gasteiger partial charge in [0.05, 0.1) is 19.3 Å². The largest absolute Gasteiger partial charge is 0.412 e. The molecule has 3 heteroatoms. The summed E-state index contributed by atoms with van der Waals surface area (Å²) in [4.78, 5) is 0. The Hall–Kier alpha value is -0.903. The van der Waals surface area contributed by atoms with Crippen LogP contribution < -0.4 is 0 Å². The first-order valence-electron chi connectivity index (χ1n) is 8.16. The Kier molecular flexibility index (Phi) is 7.53. The highest BCUT2D eigenvalue weighted by Crippen LogP contribution is 2.37. The molecule has 0 aliphatic rings. The van der Waals surface area contributed by atoms with Crippen molar-refractivity contribution in [1.29, 1.82) is 0 Å². The van der Waals surface area contributed by atoms with E-state index in [1.54, 1.807) is 0 Å². The molecule has 0 fully saturated rings. The maximum atomic E-state index is 6.51. The fourth-order valence-corrected chi connectivity index (χ4v) is 3.33. The summed E-state index contributed by atoms with van der Waals surface area (Å²) in [5, 5.41) is 0.221. The van der Waals surface area contributed by atoms with Gasteiger partial charge in [0.25, 0.3) is 0 Å². The zero-order valence-corrected chi connectivity index (χ0v) is 15.9. The SMILES string of the molecule is C=CCCC(COCc1ccccc1)O[Si](C)(C)C(C)(C)C. The van der Waals surface area contributed by atoms with Crippen LogP contribution in [0.1, 0.15) is 39.2 Å². The molecule has 2 nitrogen and oxygen atoms in total. The second-order valence-electron chi connectivity index (χ2n) is 7.37. The molecule has 0 aliphatic heterocycles. The Morgan fingerprint density at radius 3 is 2.36 bits per heavy atom. The van der Waals surface area contributed by atoms with Crippen LogP contribution in [0.5, 0.6) is 0 Å². The number of allylic oxidation sites excluding steroid dienone is 1. The van der Waals surface area contributed by atoms with Crippen LogP contribution in [0.25, 0.3) is 0 Å². The fraction of sp³-hybridized carbons (Fsp3) is 0.579. The molecule has 0 spiro atoms. The Bertz CT molecular complexity index is 434. The van der Waals surface area contributed by atoms with E-state index >= 15 is 0 Å². The second kappa shape index (κ2) is 8.66. The van der Waals surface area contributed by atoms with Gasteiger partial charge in [-0.05, 0) is 36.5 Å². The molecule has 1 aromatic rings. The van der Waals surface area contributed by atoms with Crippen molar-refractivity contribution in [3.05, 3.63) is 48.6 Å². The van der Waals surface area contributed by atoms with Gasteiger partial charge in [-0.15, -0.1) is 6.58 Å². The number of benzene rings is 1. The number of hydrogen-bond acceptors (Lipinski definition) is 2. The van der Waals surface area contributed by atoms with Gasteiger partial charge in [0.15, 0.2) is 8.32 Å². The maximum Gasteiger partial charge on any atom is 0.192 e. The summed E-state index contributed by atoms with van der Waals surface area (Å²) >= 11 is 0. The average Bonchev–Trinajstić information content (AvgIpc) is 2.44. The molecule has 0 saturated carbocycles. The molecular formula is C19H32O2Si. The first-order valence-corrected chi connectivity index (χ1v) is 11.1. The first-order chi connectivity index (χ1) is 10.3. The predicted molar refractivity (Wildman–Crippen MR) is 97.6 cm³/mol. The summed E-state index contributed by atoms with van der Waals surface area (Å²) in [6.45, 7) is 16.5. The molecule has 1 unspecified atom stereocenters. The molecule has 0 saturated heterocycles. The lowest BCUT2D eigenvalue weighted by Crippen LogP contribution is -2.45. The minimum atomic E-state index is -1.76. The van der Waals surface area contributed by atoms with E-state index in [1.165, 1.54) is 5.56 Å². The van der Waals surface area contributed by atoms with Crippen molar-refractivity contribution >= 4 is 8.32 Å². The van der Waals surface area contributed by atoms with Gasteiger partial charge in [0.2, 0.25) is 0 Å². The van der Waals surface area contributed by atoms with Gasteiger partial charge in [-0.3, -0.25) is 0 Å². The van der Waals surface area contributed by atoms with Crippen molar-refractivity contribution in [3.63, 3.8) is 0 Å². The third kappa shape index (κ3) is 6.47. The number of ether oxygens (including phenoxy) is 1. The Morgan fingerprint density at radius 2 is 1.82 bits per heavy atom. The smallest absolute Gasteiger partial charge is 0.192 e. The second-order valence-corrected chi connectivity index (χ2v) is 12.1. The molecule has 0 aliphatic carbocycles. The molecule has 1 rings (SSSR count). The maximum absolute atomic E-state index is 6.51. The van der Waals surface area contributed by atoms with Crippen molar-refractivity contribution in [2.24, 2.45) is 0 Å². The summed E-state index contributed by atoms with van der Waals surface area (Å²) in [6.07, 6.45) is 4.06.